The van der Waals surface area contributed by atoms with Gasteiger partial charge < -0.3 is 9.52 Å². The van der Waals surface area contributed by atoms with Crippen LogP contribution in [-0.4, -0.2) is 17.2 Å². The van der Waals surface area contributed by atoms with E-state index in [0.29, 0.717) is 22.6 Å². The van der Waals surface area contributed by atoms with Gasteiger partial charge in [0.2, 0.25) is 0 Å². The van der Waals surface area contributed by atoms with Crippen LogP contribution in [0.3, 0.4) is 0 Å². The number of hydrazone groups is 1. The number of benzene rings is 3. The van der Waals surface area contributed by atoms with E-state index < -0.39 is 11.5 Å². The molecule has 160 valence electrons. The topological polar surface area (TPSA) is 74.8 Å². The molecule has 3 aromatic carbocycles. The average molecular weight is 489 g/mol. The van der Waals surface area contributed by atoms with Gasteiger partial charge in [0.15, 0.2) is 5.60 Å². The molecule has 1 aromatic heterocycles. The Morgan fingerprint density at radius 3 is 2.19 bits per heavy atom. The van der Waals surface area contributed by atoms with E-state index in [1.807, 2.05) is 43.3 Å². The Hall–Kier alpha value is -3.48. The first kappa shape index (κ1) is 21.7. The predicted molar refractivity (Wildman–Crippen MR) is 128 cm³/mol. The quantitative estimate of drug-likeness (QED) is 0.281. The summed E-state index contributed by atoms with van der Waals surface area (Å²) in [6.07, 6.45) is 1.40. The molecule has 0 radical (unpaired) electrons. The number of hydrogen-bond acceptors (Lipinski definition) is 4. The summed E-state index contributed by atoms with van der Waals surface area (Å²) in [5.74, 6) is 0.477. The molecule has 0 saturated heterocycles. The molecule has 0 aliphatic carbocycles. The van der Waals surface area contributed by atoms with Crippen molar-refractivity contribution < 1.29 is 14.3 Å². The number of halogens is 1. The number of hydrogen-bond donors (Lipinski definition) is 2. The Morgan fingerprint density at radius 1 is 0.969 bits per heavy atom. The minimum atomic E-state index is -1.89. The van der Waals surface area contributed by atoms with Crippen molar-refractivity contribution in [2.24, 2.45) is 5.10 Å². The van der Waals surface area contributed by atoms with Crippen LogP contribution in [0.25, 0.3) is 11.3 Å². The van der Waals surface area contributed by atoms with E-state index in [1.54, 1.807) is 54.6 Å². The fourth-order valence-corrected chi connectivity index (χ4v) is 4.10. The smallest absolute Gasteiger partial charge is 0.281 e. The summed E-state index contributed by atoms with van der Waals surface area (Å²) in [6, 6.07) is 27.1. The molecule has 0 spiro atoms. The Kier molecular flexibility index (Phi) is 6.35. The lowest BCUT2D eigenvalue weighted by atomic mass is 9.85. The minimum absolute atomic E-state index is 0.448. The summed E-state index contributed by atoms with van der Waals surface area (Å²) in [5.41, 5.74) is 3.51. The molecular weight excluding hydrogens is 468 g/mol. The SMILES string of the molecule is Cc1ccc(-c2ccc(/C=N\NC(=O)C(O)(c3ccccc3)c3ccccc3)o2)c(Br)c1. The number of rotatable bonds is 6. The van der Waals surface area contributed by atoms with Gasteiger partial charge in [0.25, 0.3) is 5.91 Å². The fourth-order valence-electron chi connectivity index (χ4n) is 3.41. The number of carbonyl (C=O) groups is 1. The van der Waals surface area contributed by atoms with Crippen molar-refractivity contribution in [2.75, 3.05) is 0 Å². The Balaban J connectivity index is 1.55. The molecule has 1 amide bonds. The van der Waals surface area contributed by atoms with E-state index in [4.69, 9.17) is 4.42 Å². The molecule has 4 aromatic rings. The molecular formula is C26H21BrN2O3. The van der Waals surface area contributed by atoms with Crippen LogP contribution in [0.5, 0.6) is 0 Å². The molecule has 0 unspecified atom stereocenters. The second-order valence-corrected chi connectivity index (χ2v) is 8.18. The third kappa shape index (κ3) is 4.42. The van der Waals surface area contributed by atoms with E-state index in [1.165, 1.54) is 6.21 Å². The molecule has 0 fully saturated rings. The van der Waals surface area contributed by atoms with Crippen LogP contribution in [0.2, 0.25) is 0 Å². The zero-order chi connectivity index (χ0) is 22.6. The molecule has 4 rings (SSSR count). The van der Waals surface area contributed by atoms with Crippen molar-refractivity contribution in [3.8, 4) is 11.3 Å². The summed E-state index contributed by atoms with van der Waals surface area (Å²) in [4.78, 5) is 13.0. The third-order valence-corrected chi connectivity index (χ3v) is 5.74. The molecule has 32 heavy (non-hydrogen) atoms. The van der Waals surface area contributed by atoms with Gasteiger partial charge in [0, 0.05) is 10.0 Å². The van der Waals surface area contributed by atoms with E-state index in [9.17, 15) is 9.90 Å². The molecule has 0 atom stereocenters. The van der Waals surface area contributed by atoms with Gasteiger partial charge in [0.05, 0.1) is 6.21 Å². The predicted octanol–water partition coefficient (Wildman–Crippen LogP) is 5.40. The minimum Gasteiger partial charge on any atom is -0.455 e. The largest absolute Gasteiger partial charge is 0.455 e. The zero-order valence-corrected chi connectivity index (χ0v) is 18.9. The van der Waals surface area contributed by atoms with Gasteiger partial charge in [-0.15, -0.1) is 0 Å². The second-order valence-electron chi connectivity index (χ2n) is 7.33. The number of furan rings is 1. The third-order valence-electron chi connectivity index (χ3n) is 5.09. The standard InChI is InChI=1S/C26H21BrN2O3/c1-18-12-14-22(23(27)16-18)24-15-13-21(32-24)17-28-29-25(30)26(31,19-8-4-2-5-9-19)20-10-6-3-7-11-20/h2-17,31H,1H3,(H,29,30)/b28-17-. The van der Waals surface area contributed by atoms with E-state index in [0.717, 1.165) is 15.6 Å². The number of aliphatic hydroxyl groups is 1. The summed E-state index contributed by atoms with van der Waals surface area (Å²) in [6.45, 7) is 2.02. The summed E-state index contributed by atoms with van der Waals surface area (Å²) in [7, 11) is 0. The number of nitrogens with one attached hydrogen (secondary N) is 1. The van der Waals surface area contributed by atoms with Crippen LogP contribution in [0.1, 0.15) is 22.5 Å². The Labute approximate surface area is 194 Å². The maximum absolute atomic E-state index is 13.0. The van der Waals surface area contributed by atoms with Gasteiger partial charge >= 0.3 is 0 Å². The zero-order valence-electron chi connectivity index (χ0n) is 17.3. The van der Waals surface area contributed by atoms with Gasteiger partial charge in [-0.2, -0.15) is 5.10 Å². The van der Waals surface area contributed by atoms with E-state index >= 15 is 0 Å². The number of aryl methyl sites for hydroxylation is 1. The van der Waals surface area contributed by atoms with Crippen LogP contribution in [0.4, 0.5) is 0 Å². The van der Waals surface area contributed by atoms with Crippen LogP contribution in [0, 0.1) is 6.92 Å². The van der Waals surface area contributed by atoms with Crippen molar-refractivity contribution in [1.29, 1.82) is 0 Å². The van der Waals surface area contributed by atoms with Gasteiger partial charge in [-0.25, -0.2) is 5.43 Å². The Bertz CT molecular complexity index is 1210. The van der Waals surface area contributed by atoms with Crippen molar-refractivity contribution in [3.63, 3.8) is 0 Å². The lowest BCUT2D eigenvalue weighted by Crippen LogP contribution is -2.43. The lowest BCUT2D eigenvalue weighted by molar-refractivity contribution is -0.136. The van der Waals surface area contributed by atoms with Gasteiger partial charge in [-0.3, -0.25) is 4.79 Å². The Morgan fingerprint density at radius 2 is 1.59 bits per heavy atom. The van der Waals surface area contributed by atoms with Crippen molar-refractivity contribution in [2.45, 2.75) is 12.5 Å². The molecule has 6 heteroatoms. The highest BCUT2D eigenvalue weighted by Crippen LogP contribution is 2.31. The van der Waals surface area contributed by atoms with Crippen molar-refractivity contribution >= 4 is 28.1 Å². The highest BCUT2D eigenvalue weighted by molar-refractivity contribution is 9.10. The number of nitrogens with zero attached hydrogens (tertiary/aromatic N) is 1. The van der Waals surface area contributed by atoms with Crippen LogP contribution in [-0.2, 0) is 10.4 Å². The van der Waals surface area contributed by atoms with Crippen molar-refractivity contribution in [3.05, 3.63) is 118 Å². The summed E-state index contributed by atoms with van der Waals surface area (Å²) in [5, 5.41) is 15.4. The number of carbonyl (C=O) groups excluding carboxylic acids is 1. The maximum atomic E-state index is 13.0. The van der Waals surface area contributed by atoms with E-state index in [2.05, 4.69) is 26.5 Å². The summed E-state index contributed by atoms with van der Waals surface area (Å²) >= 11 is 3.55. The normalized spacial score (nSPS) is 11.6. The van der Waals surface area contributed by atoms with Gasteiger partial charge in [0.1, 0.15) is 11.5 Å². The molecule has 2 N–H and O–H groups in total. The molecule has 0 bridgehead atoms. The first-order valence-electron chi connectivity index (χ1n) is 10.0. The van der Waals surface area contributed by atoms with Crippen LogP contribution < -0.4 is 5.43 Å². The highest BCUT2D eigenvalue weighted by Gasteiger charge is 2.39. The van der Waals surface area contributed by atoms with Crippen molar-refractivity contribution in [1.82, 2.24) is 5.43 Å². The first-order valence-corrected chi connectivity index (χ1v) is 10.8. The molecule has 1 heterocycles. The van der Waals surface area contributed by atoms with Crippen LogP contribution in [0.15, 0.2) is 105 Å². The van der Waals surface area contributed by atoms with Gasteiger partial charge in [-0.05, 0) is 47.9 Å². The summed E-state index contributed by atoms with van der Waals surface area (Å²) < 4.78 is 6.76. The van der Waals surface area contributed by atoms with Gasteiger partial charge in [-0.1, -0.05) is 82.7 Å². The molecule has 0 saturated carbocycles. The molecule has 5 nitrogen and oxygen atoms in total. The first-order chi connectivity index (χ1) is 15.5. The monoisotopic (exact) mass is 488 g/mol. The lowest BCUT2D eigenvalue weighted by Gasteiger charge is -2.26. The maximum Gasteiger partial charge on any atom is 0.281 e. The molecule has 0 aliphatic rings. The average Bonchev–Trinajstić information content (AvgIpc) is 3.28. The fraction of sp³-hybridized carbons (Fsp3) is 0.0769. The van der Waals surface area contributed by atoms with Crippen LogP contribution >= 0.6 is 15.9 Å². The number of amides is 1. The molecule has 0 aliphatic heterocycles. The second kappa shape index (κ2) is 9.34. The van der Waals surface area contributed by atoms with E-state index in [-0.39, 0.29) is 0 Å². The highest BCUT2D eigenvalue weighted by atomic mass is 79.9.